The van der Waals surface area contributed by atoms with E-state index in [1.165, 1.54) is 7.11 Å². The van der Waals surface area contributed by atoms with Crippen LogP contribution in [0.5, 0.6) is 5.75 Å². The molecule has 2 aromatic rings. The van der Waals surface area contributed by atoms with Crippen molar-refractivity contribution in [1.82, 2.24) is 9.62 Å². The molecule has 1 N–H and O–H groups in total. The lowest BCUT2D eigenvalue weighted by Gasteiger charge is -2.32. The maximum atomic E-state index is 12.9. The molecule has 2 aromatic carbocycles. The number of hydrogen-bond acceptors (Lipinski definition) is 4. The van der Waals surface area contributed by atoms with Crippen LogP contribution in [0.3, 0.4) is 0 Å². The number of carbonyl (C=O) groups excluding carboxylic acids is 1. The van der Waals surface area contributed by atoms with Crippen molar-refractivity contribution in [3.63, 3.8) is 0 Å². The molecule has 8 heteroatoms. The van der Waals surface area contributed by atoms with E-state index in [0.717, 1.165) is 11.1 Å². The Bertz CT molecular complexity index is 1020. The number of sulfonamides is 1. The number of likely N-dealkylation sites (tertiary alicyclic amines) is 1. The zero-order valence-corrected chi connectivity index (χ0v) is 18.3. The molecule has 0 saturated carbocycles. The second-order valence-corrected chi connectivity index (χ2v) is 9.40. The second kappa shape index (κ2) is 8.73. The first kappa shape index (κ1) is 21.6. The molecular weight excluding hydrogens is 412 g/mol. The van der Waals surface area contributed by atoms with E-state index in [1.807, 2.05) is 13.8 Å². The van der Waals surface area contributed by atoms with Gasteiger partial charge in [-0.1, -0.05) is 17.7 Å². The fourth-order valence-electron chi connectivity index (χ4n) is 3.42. The van der Waals surface area contributed by atoms with Gasteiger partial charge in [0.15, 0.2) is 0 Å². The van der Waals surface area contributed by atoms with Gasteiger partial charge in [-0.15, -0.1) is 0 Å². The number of hydrogen-bond donors (Lipinski definition) is 1. The van der Waals surface area contributed by atoms with E-state index in [4.69, 9.17) is 16.3 Å². The summed E-state index contributed by atoms with van der Waals surface area (Å²) in [5.74, 6) is 0.235. The smallest absolute Gasteiger partial charge is 0.253 e. The van der Waals surface area contributed by atoms with E-state index >= 15 is 0 Å². The van der Waals surface area contributed by atoms with Gasteiger partial charge in [-0.25, -0.2) is 13.1 Å². The number of ether oxygens (including phenoxy) is 1. The first-order valence-corrected chi connectivity index (χ1v) is 11.3. The molecule has 0 spiro atoms. The topological polar surface area (TPSA) is 75.7 Å². The number of carbonyl (C=O) groups is 1. The predicted molar refractivity (Wildman–Crippen MR) is 113 cm³/mol. The standard InChI is InChI=1S/C21H25ClN2O4S/c1-14-11-19(28-3)20(12-15(14)2)29(26,27)23-18-7-9-24(10-8-18)21(25)16-5-4-6-17(22)13-16/h4-6,11-13,18,23H,7-10H2,1-3H3. The van der Waals surface area contributed by atoms with Crippen molar-refractivity contribution in [3.8, 4) is 5.75 Å². The number of aryl methyl sites for hydroxylation is 2. The third-order valence-corrected chi connectivity index (χ3v) is 7.02. The van der Waals surface area contributed by atoms with Gasteiger partial charge in [-0.3, -0.25) is 4.79 Å². The van der Waals surface area contributed by atoms with Gasteiger partial charge in [0.25, 0.3) is 5.91 Å². The molecule has 3 rings (SSSR count). The lowest BCUT2D eigenvalue weighted by molar-refractivity contribution is 0.0711. The quantitative estimate of drug-likeness (QED) is 0.777. The first-order chi connectivity index (χ1) is 13.7. The van der Waals surface area contributed by atoms with Crippen LogP contribution < -0.4 is 9.46 Å². The van der Waals surface area contributed by atoms with Crippen LogP contribution in [0.1, 0.15) is 34.3 Å². The summed E-state index contributed by atoms with van der Waals surface area (Å²) in [5.41, 5.74) is 2.39. The van der Waals surface area contributed by atoms with E-state index in [2.05, 4.69) is 4.72 Å². The molecule has 29 heavy (non-hydrogen) atoms. The zero-order chi connectivity index (χ0) is 21.2. The van der Waals surface area contributed by atoms with Gasteiger partial charge in [-0.2, -0.15) is 0 Å². The fraction of sp³-hybridized carbons (Fsp3) is 0.381. The molecule has 6 nitrogen and oxygen atoms in total. The molecule has 0 bridgehead atoms. The largest absolute Gasteiger partial charge is 0.495 e. The molecule has 1 saturated heterocycles. The fourth-order valence-corrected chi connectivity index (χ4v) is 5.15. The molecule has 1 heterocycles. The van der Waals surface area contributed by atoms with Crippen LogP contribution in [-0.4, -0.2) is 45.5 Å². The third kappa shape index (κ3) is 4.91. The minimum atomic E-state index is -3.73. The highest BCUT2D eigenvalue weighted by molar-refractivity contribution is 7.89. The Kier molecular flexibility index (Phi) is 6.51. The molecule has 1 amide bonds. The molecule has 1 aliphatic heterocycles. The molecule has 0 aliphatic carbocycles. The average molecular weight is 437 g/mol. The molecule has 0 unspecified atom stereocenters. The van der Waals surface area contributed by atoms with Gasteiger partial charge in [0.05, 0.1) is 7.11 Å². The lowest BCUT2D eigenvalue weighted by Crippen LogP contribution is -2.46. The van der Waals surface area contributed by atoms with Gasteiger partial charge in [-0.05, 0) is 68.1 Å². The first-order valence-electron chi connectivity index (χ1n) is 9.43. The highest BCUT2D eigenvalue weighted by atomic mass is 35.5. The number of nitrogens with zero attached hydrogens (tertiary/aromatic N) is 1. The van der Waals surface area contributed by atoms with E-state index in [0.29, 0.717) is 42.3 Å². The van der Waals surface area contributed by atoms with E-state index in [1.54, 1.807) is 41.3 Å². The Morgan fingerprint density at radius 1 is 1.14 bits per heavy atom. The Morgan fingerprint density at radius 2 is 1.79 bits per heavy atom. The van der Waals surface area contributed by atoms with Crippen LogP contribution in [0, 0.1) is 13.8 Å². The predicted octanol–water partition coefficient (Wildman–Crippen LogP) is 3.55. The molecule has 1 fully saturated rings. The summed E-state index contributed by atoms with van der Waals surface area (Å²) in [7, 11) is -2.27. The Hall–Kier alpha value is -2.09. The number of amides is 1. The van der Waals surface area contributed by atoms with Crippen LogP contribution in [0.15, 0.2) is 41.3 Å². The molecule has 1 aliphatic rings. The molecular formula is C21H25ClN2O4S. The van der Waals surface area contributed by atoms with Crippen molar-refractivity contribution in [2.24, 2.45) is 0 Å². The molecule has 0 atom stereocenters. The number of rotatable bonds is 5. The molecule has 0 radical (unpaired) electrons. The summed E-state index contributed by atoms with van der Waals surface area (Å²) in [4.78, 5) is 14.5. The van der Waals surface area contributed by atoms with Crippen molar-refractivity contribution in [1.29, 1.82) is 0 Å². The Balaban J connectivity index is 1.67. The summed E-state index contributed by atoms with van der Waals surface area (Å²) in [6.45, 7) is 4.73. The highest BCUT2D eigenvalue weighted by Gasteiger charge is 2.29. The normalized spacial score (nSPS) is 15.4. The van der Waals surface area contributed by atoms with Crippen molar-refractivity contribution < 1.29 is 17.9 Å². The van der Waals surface area contributed by atoms with Crippen molar-refractivity contribution in [2.75, 3.05) is 20.2 Å². The molecule has 0 aromatic heterocycles. The lowest BCUT2D eigenvalue weighted by atomic mass is 10.0. The van der Waals surface area contributed by atoms with Crippen LogP contribution >= 0.6 is 11.6 Å². The minimum absolute atomic E-state index is 0.0929. The van der Waals surface area contributed by atoms with Gasteiger partial charge < -0.3 is 9.64 Å². The van der Waals surface area contributed by atoms with Crippen LogP contribution in [0.4, 0.5) is 0 Å². The van der Waals surface area contributed by atoms with Crippen molar-refractivity contribution in [3.05, 3.63) is 58.1 Å². The van der Waals surface area contributed by atoms with Crippen LogP contribution in [-0.2, 0) is 10.0 Å². The summed E-state index contributed by atoms with van der Waals surface area (Å²) in [5, 5.41) is 0.515. The van der Waals surface area contributed by atoms with E-state index in [9.17, 15) is 13.2 Å². The van der Waals surface area contributed by atoms with Gasteiger partial charge in [0.1, 0.15) is 10.6 Å². The van der Waals surface area contributed by atoms with Crippen LogP contribution in [0.25, 0.3) is 0 Å². The summed E-state index contributed by atoms with van der Waals surface area (Å²) in [6.07, 6.45) is 1.08. The van der Waals surface area contributed by atoms with Gasteiger partial charge >= 0.3 is 0 Å². The van der Waals surface area contributed by atoms with Crippen molar-refractivity contribution in [2.45, 2.75) is 37.6 Å². The zero-order valence-electron chi connectivity index (χ0n) is 16.7. The SMILES string of the molecule is COc1cc(C)c(C)cc1S(=O)(=O)NC1CCN(C(=O)c2cccc(Cl)c2)CC1. The van der Waals surface area contributed by atoms with Crippen molar-refractivity contribution >= 4 is 27.5 Å². The molecule has 156 valence electrons. The Labute approximate surface area is 176 Å². The number of benzene rings is 2. The van der Waals surface area contributed by atoms with Gasteiger partial charge in [0.2, 0.25) is 10.0 Å². The minimum Gasteiger partial charge on any atom is -0.495 e. The number of piperidine rings is 1. The van der Waals surface area contributed by atoms with Gasteiger partial charge in [0, 0.05) is 29.7 Å². The number of nitrogens with one attached hydrogen (secondary N) is 1. The van der Waals surface area contributed by atoms with Crippen LogP contribution in [0.2, 0.25) is 5.02 Å². The average Bonchev–Trinajstić information content (AvgIpc) is 2.69. The summed E-state index contributed by atoms with van der Waals surface area (Å²) >= 11 is 5.97. The maximum absolute atomic E-state index is 12.9. The monoisotopic (exact) mass is 436 g/mol. The third-order valence-electron chi connectivity index (χ3n) is 5.25. The van der Waals surface area contributed by atoms with E-state index in [-0.39, 0.29) is 16.8 Å². The summed E-state index contributed by atoms with van der Waals surface area (Å²) in [6, 6.07) is 9.97. The Morgan fingerprint density at radius 3 is 2.41 bits per heavy atom. The number of methoxy groups -OCH3 is 1. The second-order valence-electron chi connectivity index (χ2n) is 7.29. The maximum Gasteiger partial charge on any atom is 0.253 e. The van der Waals surface area contributed by atoms with E-state index < -0.39 is 10.0 Å². The summed E-state index contributed by atoms with van der Waals surface area (Å²) < 4.78 is 33.9. The number of halogens is 1. The highest BCUT2D eigenvalue weighted by Crippen LogP contribution is 2.28.